The zero-order chi connectivity index (χ0) is 25.2. The van der Waals surface area contributed by atoms with Gasteiger partial charge in [0.25, 0.3) is 5.91 Å². The molecule has 7 nitrogen and oxygen atoms in total. The summed E-state index contributed by atoms with van der Waals surface area (Å²) in [7, 11) is 1.56. The highest BCUT2D eigenvalue weighted by Crippen LogP contribution is 2.41. The number of carbonyl (C=O) groups is 1. The molecule has 5 rings (SSSR count). The maximum absolute atomic E-state index is 14.0. The van der Waals surface area contributed by atoms with Crippen LogP contribution < -0.4 is 14.9 Å². The Hall–Kier alpha value is -3.39. The minimum absolute atomic E-state index is 0.0130. The average molecular weight is 496 g/mol. The number of benzene rings is 2. The van der Waals surface area contributed by atoms with Crippen molar-refractivity contribution in [1.29, 1.82) is 0 Å². The van der Waals surface area contributed by atoms with E-state index in [0.29, 0.717) is 36.8 Å². The van der Waals surface area contributed by atoms with Crippen LogP contribution in [0, 0.1) is 5.82 Å². The maximum Gasteiger partial charge on any atom is 0.291 e. The summed E-state index contributed by atoms with van der Waals surface area (Å²) in [6, 6.07) is 8.45. The number of hydrogen-bond donors (Lipinski definition) is 0. The minimum atomic E-state index is -0.719. The molecule has 36 heavy (non-hydrogen) atoms. The maximum atomic E-state index is 14.0. The van der Waals surface area contributed by atoms with E-state index in [4.69, 9.17) is 18.6 Å². The lowest BCUT2D eigenvalue weighted by Gasteiger charge is -2.28. The van der Waals surface area contributed by atoms with Crippen molar-refractivity contribution in [3.05, 3.63) is 69.3 Å². The van der Waals surface area contributed by atoms with Gasteiger partial charge in [0.2, 0.25) is 5.76 Å². The molecule has 0 N–H and O–H groups in total. The summed E-state index contributed by atoms with van der Waals surface area (Å²) in [6.07, 6.45) is 4.72. The highest BCUT2D eigenvalue weighted by molar-refractivity contribution is 5.99. The summed E-state index contributed by atoms with van der Waals surface area (Å²) in [4.78, 5) is 28.8. The first-order valence-electron chi connectivity index (χ1n) is 12.5. The highest BCUT2D eigenvalue weighted by Gasteiger charge is 2.44. The van der Waals surface area contributed by atoms with Gasteiger partial charge in [0.15, 0.2) is 16.9 Å². The van der Waals surface area contributed by atoms with Crippen LogP contribution in [-0.4, -0.2) is 43.8 Å². The third-order valence-electron chi connectivity index (χ3n) is 6.86. The second-order valence-electron chi connectivity index (χ2n) is 9.28. The van der Waals surface area contributed by atoms with Gasteiger partial charge in [-0.1, -0.05) is 25.8 Å². The third kappa shape index (κ3) is 4.46. The van der Waals surface area contributed by atoms with E-state index in [1.54, 1.807) is 24.1 Å². The zero-order valence-corrected chi connectivity index (χ0v) is 20.6. The minimum Gasteiger partial charge on any atom is -0.493 e. The quantitative estimate of drug-likeness (QED) is 0.378. The average Bonchev–Trinajstić information content (AvgIpc) is 3.49. The molecule has 0 saturated carbocycles. The molecule has 1 amide bonds. The van der Waals surface area contributed by atoms with Gasteiger partial charge in [-0.05, 0) is 55.2 Å². The van der Waals surface area contributed by atoms with Gasteiger partial charge in [-0.3, -0.25) is 9.59 Å². The Morgan fingerprint density at radius 1 is 1.11 bits per heavy atom. The van der Waals surface area contributed by atoms with Gasteiger partial charge < -0.3 is 23.5 Å². The van der Waals surface area contributed by atoms with E-state index in [1.165, 1.54) is 12.1 Å². The number of amides is 1. The fourth-order valence-electron chi connectivity index (χ4n) is 5.04. The molecule has 0 aliphatic carbocycles. The van der Waals surface area contributed by atoms with Crippen LogP contribution in [-0.2, 0) is 4.74 Å². The SMILES string of the molecule is CCCCCOc1ccc(C2c3c(oc4ccc(F)cc4c3=O)C(=O)N2CC2CCCO2)cc1OC. The van der Waals surface area contributed by atoms with Crippen LogP contribution in [0.4, 0.5) is 4.39 Å². The number of fused-ring (bicyclic) bond motifs is 2. The standard InChI is InChI=1S/C28H30FNO6/c1-3-4-5-12-35-22-10-8-17(14-23(22)33-2)25-24-26(31)20-15-18(29)9-11-21(20)36-27(24)28(32)30(25)16-19-7-6-13-34-19/h8-11,14-15,19,25H,3-7,12-13,16H2,1-2H3. The monoisotopic (exact) mass is 495 g/mol. The topological polar surface area (TPSA) is 78.2 Å². The van der Waals surface area contributed by atoms with Crippen molar-refractivity contribution in [2.45, 2.75) is 51.2 Å². The molecule has 0 bridgehead atoms. The van der Waals surface area contributed by atoms with E-state index in [1.807, 2.05) is 6.07 Å². The number of nitrogens with zero attached hydrogens (tertiary/aromatic N) is 1. The lowest BCUT2D eigenvalue weighted by Crippen LogP contribution is -2.36. The molecular formula is C28H30FNO6. The van der Waals surface area contributed by atoms with E-state index in [9.17, 15) is 14.0 Å². The molecular weight excluding hydrogens is 465 g/mol. The molecule has 1 fully saturated rings. The lowest BCUT2D eigenvalue weighted by atomic mass is 9.97. The van der Waals surface area contributed by atoms with Crippen molar-refractivity contribution in [1.82, 2.24) is 4.90 Å². The van der Waals surface area contributed by atoms with Crippen LogP contribution in [0.3, 0.4) is 0 Å². The third-order valence-corrected chi connectivity index (χ3v) is 6.86. The Morgan fingerprint density at radius 2 is 1.97 bits per heavy atom. The molecule has 0 radical (unpaired) electrons. The Kier molecular flexibility index (Phi) is 6.96. The molecule has 3 heterocycles. The van der Waals surface area contributed by atoms with Crippen molar-refractivity contribution in [3.8, 4) is 11.5 Å². The van der Waals surface area contributed by atoms with E-state index < -0.39 is 17.3 Å². The Bertz CT molecular complexity index is 1330. The number of carbonyl (C=O) groups excluding carboxylic acids is 1. The summed E-state index contributed by atoms with van der Waals surface area (Å²) in [5, 5.41) is 0.105. The fraction of sp³-hybridized carbons (Fsp3) is 0.429. The van der Waals surface area contributed by atoms with Gasteiger partial charge in [-0.15, -0.1) is 0 Å². The molecule has 0 spiro atoms. The van der Waals surface area contributed by atoms with Gasteiger partial charge in [-0.25, -0.2) is 4.39 Å². The van der Waals surface area contributed by atoms with E-state index in [2.05, 4.69) is 6.92 Å². The van der Waals surface area contributed by atoms with Crippen LogP contribution >= 0.6 is 0 Å². The fourth-order valence-corrected chi connectivity index (χ4v) is 5.04. The van der Waals surface area contributed by atoms with Crippen LogP contribution in [0.1, 0.15) is 66.8 Å². The Labute approximate surface area is 208 Å². The first-order valence-corrected chi connectivity index (χ1v) is 12.5. The summed E-state index contributed by atoms with van der Waals surface area (Å²) in [5.41, 5.74) is 0.646. The molecule has 3 aromatic rings. The lowest BCUT2D eigenvalue weighted by molar-refractivity contribution is 0.0486. The second kappa shape index (κ2) is 10.3. The van der Waals surface area contributed by atoms with Crippen molar-refractivity contribution < 1.29 is 27.8 Å². The van der Waals surface area contributed by atoms with Gasteiger partial charge in [0.05, 0.1) is 36.8 Å². The summed E-state index contributed by atoms with van der Waals surface area (Å²) in [6.45, 7) is 3.66. The number of halogens is 1. The molecule has 2 atom stereocenters. The van der Waals surface area contributed by atoms with Gasteiger partial charge in [-0.2, -0.15) is 0 Å². The summed E-state index contributed by atoms with van der Waals surface area (Å²) in [5.74, 6) is 0.171. The number of methoxy groups -OCH3 is 1. The molecule has 1 aromatic heterocycles. The van der Waals surface area contributed by atoms with Crippen LogP contribution in [0.5, 0.6) is 11.5 Å². The number of ether oxygens (including phenoxy) is 3. The van der Waals surface area contributed by atoms with Gasteiger partial charge in [0.1, 0.15) is 11.4 Å². The van der Waals surface area contributed by atoms with Gasteiger partial charge in [0, 0.05) is 13.2 Å². The highest BCUT2D eigenvalue weighted by atomic mass is 19.1. The molecule has 8 heteroatoms. The number of hydrogen-bond acceptors (Lipinski definition) is 6. The normalized spacial score (nSPS) is 19.2. The first kappa shape index (κ1) is 24.3. The van der Waals surface area contributed by atoms with Crippen LogP contribution in [0.15, 0.2) is 45.6 Å². The van der Waals surface area contributed by atoms with Crippen molar-refractivity contribution in [2.24, 2.45) is 0 Å². The van der Waals surface area contributed by atoms with Crippen LogP contribution in [0.25, 0.3) is 11.0 Å². The number of unbranched alkanes of at least 4 members (excludes halogenated alkanes) is 2. The van der Waals surface area contributed by atoms with Crippen molar-refractivity contribution in [2.75, 3.05) is 26.9 Å². The van der Waals surface area contributed by atoms with Crippen molar-refractivity contribution in [3.63, 3.8) is 0 Å². The Morgan fingerprint density at radius 3 is 2.72 bits per heavy atom. The summed E-state index contributed by atoms with van der Waals surface area (Å²) >= 11 is 0. The van der Waals surface area contributed by atoms with Crippen LogP contribution in [0.2, 0.25) is 0 Å². The molecule has 190 valence electrons. The second-order valence-corrected chi connectivity index (χ2v) is 9.28. The first-order chi connectivity index (χ1) is 17.5. The zero-order valence-electron chi connectivity index (χ0n) is 20.6. The summed E-state index contributed by atoms with van der Waals surface area (Å²) < 4.78 is 37.2. The van der Waals surface area contributed by atoms with Crippen molar-refractivity contribution >= 4 is 16.9 Å². The van der Waals surface area contributed by atoms with E-state index >= 15 is 0 Å². The van der Waals surface area contributed by atoms with E-state index in [-0.39, 0.29) is 34.3 Å². The molecule has 2 unspecified atom stereocenters. The number of rotatable bonds is 9. The predicted octanol–water partition coefficient (Wildman–Crippen LogP) is 5.23. The largest absolute Gasteiger partial charge is 0.493 e. The Balaban J connectivity index is 1.59. The predicted molar refractivity (Wildman–Crippen MR) is 132 cm³/mol. The molecule has 2 aliphatic heterocycles. The molecule has 1 saturated heterocycles. The molecule has 2 aliphatic rings. The van der Waals surface area contributed by atoms with Gasteiger partial charge >= 0.3 is 0 Å². The smallest absolute Gasteiger partial charge is 0.291 e. The molecule has 2 aromatic carbocycles. The van der Waals surface area contributed by atoms with E-state index in [0.717, 1.165) is 38.2 Å².